The molecule has 38 heavy (non-hydrogen) atoms. The van der Waals surface area contributed by atoms with Gasteiger partial charge in [0.05, 0.1) is 10.7 Å². The number of nitrogens with one attached hydrogen (secondary N) is 1. The molecule has 0 aliphatic carbocycles. The molecule has 1 atom stereocenters. The lowest BCUT2D eigenvalue weighted by atomic mass is 9.97. The van der Waals surface area contributed by atoms with Crippen molar-refractivity contribution in [3.8, 4) is 33.7 Å². The Balaban J connectivity index is 1.51. The van der Waals surface area contributed by atoms with E-state index < -0.39 is 18.0 Å². The van der Waals surface area contributed by atoms with Crippen LogP contribution >= 0.6 is 11.6 Å². The Kier molecular flexibility index (Phi) is 6.66. The number of aromatic hydroxyl groups is 1. The van der Waals surface area contributed by atoms with Crippen molar-refractivity contribution < 1.29 is 22.7 Å². The highest BCUT2D eigenvalue weighted by atomic mass is 35.5. The molecule has 198 valence electrons. The molecule has 5 rings (SSSR count). The molecular formula is C26H22ClF4N5O2. The van der Waals surface area contributed by atoms with Gasteiger partial charge in [-0.05, 0) is 47.5 Å². The quantitative estimate of drug-likeness (QED) is 0.361. The maximum absolute atomic E-state index is 14.8. The molecule has 0 bridgehead atoms. The van der Waals surface area contributed by atoms with Crippen LogP contribution in [0.3, 0.4) is 0 Å². The zero-order valence-electron chi connectivity index (χ0n) is 20.0. The molecule has 1 saturated heterocycles. The lowest BCUT2D eigenvalue weighted by Crippen LogP contribution is -2.57. The number of phenols is 1. The number of alkyl halides is 3. The summed E-state index contributed by atoms with van der Waals surface area (Å²) in [5, 5.41) is 13.8. The highest BCUT2D eigenvalue weighted by Gasteiger charge is 2.42. The van der Waals surface area contributed by atoms with Gasteiger partial charge >= 0.3 is 11.9 Å². The van der Waals surface area contributed by atoms with Gasteiger partial charge in [-0.1, -0.05) is 17.7 Å². The third-order valence-corrected chi connectivity index (χ3v) is 6.79. The maximum Gasteiger partial charge on any atom is 0.405 e. The van der Waals surface area contributed by atoms with Gasteiger partial charge in [0, 0.05) is 56.4 Å². The summed E-state index contributed by atoms with van der Waals surface area (Å²) in [6, 6.07) is 8.39. The topological polar surface area (TPSA) is 75.3 Å². The van der Waals surface area contributed by atoms with Crippen LogP contribution in [0.5, 0.6) is 5.75 Å². The van der Waals surface area contributed by atoms with Crippen molar-refractivity contribution in [1.82, 2.24) is 19.4 Å². The fraction of sp³-hybridized carbons (Fsp3) is 0.231. The predicted octanol–water partition coefficient (Wildman–Crippen LogP) is 4.74. The second-order valence-electron chi connectivity index (χ2n) is 8.97. The molecule has 1 aliphatic heterocycles. The number of anilines is 1. The highest BCUT2D eigenvalue weighted by molar-refractivity contribution is 6.32. The second-order valence-corrected chi connectivity index (χ2v) is 9.38. The molecular weight excluding hydrogens is 526 g/mol. The van der Waals surface area contributed by atoms with Gasteiger partial charge in [-0.15, -0.1) is 0 Å². The van der Waals surface area contributed by atoms with E-state index in [9.17, 15) is 27.5 Å². The first-order valence-electron chi connectivity index (χ1n) is 11.6. The summed E-state index contributed by atoms with van der Waals surface area (Å²) in [4.78, 5) is 18.0. The summed E-state index contributed by atoms with van der Waals surface area (Å²) in [6.07, 6.45) is 0.154. The monoisotopic (exact) mass is 547 g/mol. The van der Waals surface area contributed by atoms with E-state index in [1.54, 1.807) is 37.6 Å². The Labute approximate surface area is 219 Å². The summed E-state index contributed by atoms with van der Waals surface area (Å²) in [5.74, 6) is -0.591. The number of nitrogens with zero attached hydrogens (tertiary/aromatic N) is 4. The van der Waals surface area contributed by atoms with Crippen LogP contribution in [0.2, 0.25) is 5.02 Å². The normalized spacial score (nSPS) is 16.2. The molecule has 12 heteroatoms. The SMILES string of the molecule is Cn1ccn(-c2ccc(-c3cc(F)cc(-c4ccnc(N5CCNC(C(F)(F)F)C5)c4)c3O)cc2Cl)c1=O. The Morgan fingerprint density at radius 2 is 1.79 bits per heavy atom. The molecule has 0 spiro atoms. The van der Waals surface area contributed by atoms with Gasteiger partial charge < -0.3 is 19.9 Å². The number of aryl methyl sites for hydroxylation is 1. The van der Waals surface area contributed by atoms with Crippen molar-refractivity contribution in [2.75, 3.05) is 24.5 Å². The van der Waals surface area contributed by atoms with Crippen molar-refractivity contribution in [2.45, 2.75) is 12.2 Å². The first-order chi connectivity index (χ1) is 18.0. The Hall–Kier alpha value is -3.83. The molecule has 0 radical (unpaired) electrons. The van der Waals surface area contributed by atoms with Crippen LogP contribution in [0.25, 0.3) is 27.9 Å². The number of halogens is 5. The van der Waals surface area contributed by atoms with Crippen LogP contribution in [0.4, 0.5) is 23.4 Å². The van der Waals surface area contributed by atoms with Gasteiger partial charge in [-0.2, -0.15) is 13.2 Å². The van der Waals surface area contributed by atoms with E-state index in [1.165, 1.54) is 32.4 Å². The number of aromatic nitrogens is 3. The lowest BCUT2D eigenvalue weighted by Gasteiger charge is -2.35. The van der Waals surface area contributed by atoms with E-state index >= 15 is 0 Å². The van der Waals surface area contributed by atoms with Gasteiger partial charge in [-0.3, -0.25) is 4.57 Å². The number of benzene rings is 2. The predicted molar refractivity (Wildman–Crippen MR) is 136 cm³/mol. The number of piperazine rings is 1. The van der Waals surface area contributed by atoms with Gasteiger partial charge in [0.15, 0.2) is 0 Å². The third kappa shape index (κ3) is 4.86. The summed E-state index contributed by atoms with van der Waals surface area (Å²) in [6.45, 7) is 0.103. The molecule has 1 unspecified atom stereocenters. The van der Waals surface area contributed by atoms with Crippen LogP contribution in [-0.4, -0.2) is 51.1 Å². The molecule has 7 nitrogen and oxygen atoms in total. The molecule has 0 saturated carbocycles. The highest BCUT2D eigenvalue weighted by Crippen LogP contribution is 2.41. The minimum atomic E-state index is -4.41. The van der Waals surface area contributed by atoms with Gasteiger partial charge in [0.2, 0.25) is 0 Å². The molecule has 4 aromatic rings. The fourth-order valence-electron chi connectivity index (χ4n) is 4.49. The molecule has 2 aromatic carbocycles. The molecule has 1 fully saturated rings. The van der Waals surface area contributed by atoms with Gasteiger partial charge in [0.25, 0.3) is 0 Å². The minimum absolute atomic E-state index is 0.122. The molecule has 2 N–H and O–H groups in total. The number of hydrogen-bond acceptors (Lipinski definition) is 5. The number of hydrogen-bond donors (Lipinski definition) is 2. The number of phenolic OH excluding ortho intramolecular Hbond substituents is 1. The molecule has 3 heterocycles. The van der Waals surface area contributed by atoms with E-state index in [-0.39, 0.29) is 46.5 Å². The minimum Gasteiger partial charge on any atom is -0.507 e. The summed E-state index contributed by atoms with van der Waals surface area (Å²) < 4.78 is 57.2. The van der Waals surface area contributed by atoms with E-state index in [4.69, 9.17) is 11.6 Å². The standard InChI is InChI=1S/C26H22ClF4N5O2/c1-34-8-9-36(25(34)38)21-3-2-15(10-20(21)27)18-12-17(28)13-19(24(18)37)16-4-5-33-23(11-16)35-7-6-32-22(14-35)26(29,30)31/h2-5,8-13,22,32,37H,6-7,14H2,1H3. The van der Waals surface area contributed by atoms with Crippen LogP contribution in [0.1, 0.15) is 0 Å². The summed E-state index contributed by atoms with van der Waals surface area (Å²) in [7, 11) is 1.61. The Bertz CT molecular complexity index is 1570. The maximum atomic E-state index is 14.8. The van der Waals surface area contributed by atoms with Crippen molar-refractivity contribution in [3.63, 3.8) is 0 Å². The number of rotatable bonds is 4. The van der Waals surface area contributed by atoms with E-state index in [1.807, 2.05) is 0 Å². The lowest BCUT2D eigenvalue weighted by molar-refractivity contribution is -0.155. The largest absolute Gasteiger partial charge is 0.507 e. The summed E-state index contributed by atoms with van der Waals surface area (Å²) in [5.41, 5.74) is 1.22. The smallest absolute Gasteiger partial charge is 0.405 e. The average molecular weight is 548 g/mol. The summed E-state index contributed by atoms with van der Waals surface area (Å²) >= 11 is 6.45. The number of imidazole rings is 1. The zero-order valence-corrected chi connectivity index (χ0v) is 20.8. The van der Waals surface area contributed by atoms with Gasteiger partial charge in [0.1, 0.15) is 23.4 Å². The van der Waals surface area contributed by atoms with Crippen molar-refractivity contribution in [2.24, 2.45) is 7.05 Å². The Morgan fingerprint density at radius 3 is 2.42 bits per heavy atom. The van der Waals surface area contributed by atoms with Crippen LogP contribution in [0, 0.1) is 5.82 Å². The van der Waals surface area contributed by atoms with Crippen molar-refractivity contribution >= 4 is 17.4 Å². The second kappa shape index (κ2) is 9.80. The van der Waals surface area contributed by atoms with Crippen LogP contribution in [-0.2, 0) is 7.05 Å². The van der Waals surface area contributed by atoms with Crippen molar-refractivity contribution in [3.05, 3.63) is 82.4 Å². The molecule has 2 aromatic heterocycles. The number of pyridine rings is 1. The molecule has 1 aliphatic rings. The van der Waals surface area contributed by atoms with E-state index in [0.717, 1.165) is 12.1 Å². The van der Waals surface area contributed by atoms with Crippen molar-refractivity contribution in [1.29, 1.82) is 0 Å². The van der Waals surface area contributed by atoms with E-state index in [2.05, 4.69) is 10.3 Å². The van der Waals surface area contributed by atoms with Crippen LogP contribution < -0.4 is 15.9 Å². The van der Waals surface area contributed by atoms with Crippen LogP contribution in [0.15, 0.2) is 65.8 Å². The average Bonchev–Trinajstić information content (AvgIpc) is 3.22. The van der Waals surface area contributed by atoms with E-state index in [0.29, 0.717) is 23.4 Å². The Morgan fingerprint density at radius 1 is 1.08 bits per heavy atom. The third-order valence-electron chi connectivity index (χ3n) is 6.49. The van der Waals surface area contributed by atoms with Gasteiger partial charge in [-0.25, -0.2) is 14.2 Å². The first kappa shape index (κ1) is 25.8. The fourth-order valence-corrected chi connectivity index (χ4v) is 4.76. The first-order valence-corrected chi connectivity index (χ1v) is 12.0. The zero-order chi connectivity index (χ0) is 27.2. The molecule has 0 amide bonds.